The third-order valence-corrected chi connectivity index (χ3v) is 3.98. The normalized spacial score (nSPS) is 18.0. The van der Waals surface area contributed by atoms with Crippen LogP contribution >= 0.6 is 0 Å². The molecular weight excluding hydrogens is 250 g/mol. The number of anilines is 1. The monoisotopic (exact) mass is 269 g/mol. The molecule has 0 unspecified atom stereocenters. The van der Waals surface area contributed by atoms with Gasteiger partial charge in [0.1, 0.15) is 0 Å². The lowest BCUT2D eigenvalue weighted by atomic mass is 9.84. The van der Waals surface area contributed by atoms with Crippen LogP contribution in [0.5, 0.6) is 0 Å². The molecule has 0 radical (unpaired) electrons. The number of hydrogen-bond acceptors (Lipinski definition) is 4. The zero-order valence-electron chi connectivity index (χ0n) is 11.7. The van der Waals surface area contributed by atoms with Crippen LogP contribution in [0.2, 0.25) is 0 Å². The van der Waals surface area contributed by atoms with Crippen LogP contribution in [0, 0.1) is 6.92 Å². The lowest BCUT2D eigenvalue weighted by molar-refractivity contribution is 0.0115. The molecule has 0 bridgehead atoms. The lowest BCUT2D eigenvalue weighted by Gasteiger charge is -2.38. The highest BCUT2D eigenvalue weighted by molar-refractivity contribution is 5.33. The van der Waals surface area contributed by atoms with Crippen molar-refractivity contribution in [3.05, 3.63) is 53.9 Å². The highest BCUT2D eigenvalue weighted by Gasteiger charge is 2.34. The van der Waals surface area contributed by atoms with E-state index in [2.05, 4.69) is 33.9 Å². The first-order chi connectivity index (χ1) is 9.67. The Hall–Kier alpha value is -1.94. The van der Waals surface area contributed by atoms with E-state index >= 15 is 0 Å². The van der Waals surface area contributed by atoms with E-state index in [0.717, 1.165) is 24.6 Å². The number of benzene rings is 1. The maximum absolute atomic E-state index is 10.9. The molecule has 104 valence electrons. The van der Waals surface area contributed by atoms with Crippen LogP contribution in [0.15, 0.2) is 42.7 Å². The van der Waals surface area contributed by atoms with Gasteiger partial charge in [0, 0.05) is 25.5 Å². The van der Waals surface area contributed by atoms with Gasteiger partial charge in [-0.2, -0.15) is 0 Å². The highest BCUT2D eigenvalue weighted by atomic mass is 16.3. The largest absolute Gasteiger partial charge is 0.385 e. The molecule has 2 aromatic rings. The molecule has 1 aromatic heterocycles. The first kappa shape index (κ1) is 13.1. The van der Waals surface area contributed by atoms with Crippen molar-refractivity contribution in [3.8, 4) is 0 Å². The van der Waals surface area contributed by atoms with Crippen molar-refractivity contribution in [2.24, 2.45) is 0 Å². The van der Waals surface area contributed by atoms with Gasteiger partial charge in [-0.1, -0.05) is 29.8 Å². The zero-order chi connectivity index (χ0) is 14.0. The smallest absolute Gasteiger partial charge is 0.225 e. The molecule has 1 saturated heterocycles. The molecule has 0 atom stereocenters. The van der Waals surface area contributed by atoms with Crippen molar-refractivity contribution in [3.63, 3.8) is 0 Å². The molecule has 1 fully saturated rings. The van der Waals surface area contributed by atoms with Gasteiger partial charge < -0.3 is 10.0 Å². The maximum atomic E-state index is 10.9. The van der Waals surface area contributed by atoms with Crippen molar-refractivity contribution in [2.45, 2.75) is 25.4 Å². The van der Waals surface area contributed by atoms with E-state index in [4.69, 9.17) is 0 Å². The summed E-state index contributed by atoms with van der Waals surface area (Å²) < 4.78 is 0. The fourth-order valence-electron chi connectivity index (χ4n) is 2.75. The molecule has 20 heavy (non-hydrogen) atoms. The van der Waals surface area contributed by atoms with Gasteiger partial charge in [-0.05, 0) is 31.4 Å². The quantitative estimate of drug-likeness (QED) is 0.908. The van der Waals surface area contributed by atoms with Crippen molar-refractivity contribution in [1.29, 1.82) is 0 Å². The number of hydrogen-bond donors (Lipinski definition) is 1. The second-order valence-corrected chi connectivity index (χ2v) is 5.44. The summed E-state index contributed by atoms with van der Waals surface area (Å²) >= 11 is 0. The minimum Gasteiger partial charge on any atom is -0.385 e. The van der Waals surface area contributed by atoms with E-state index in [9.17, 15) is 5.11 Å². The molecule has 3 rings (SSSR count). The lowest BCUT2D eigenvalue weighted by Crippen LogP contribution is -2.43. The Morgan fingerprint density at radius 3 is 2.45 bits per heavy atom. The summed E-state index contributed by atoms with van der Waals surface area (Å²) in [7, 11) is 0. The Kier molecular flexibility index (Phi) is 3.40. The average Bonchev–Trinajstić information content (AvgIpc) is 2.49. The molecule has 1 N–H and O–H groups in total. The molecule has 0 amide bonds. The van der Waals surface area contributed by atoms with Gasteiger partial charge in [0.25, 0.3) is 0 Å². The predicted octanol–water partition coefficient (Wildman–Crippen LogP) is 2.27. The summed E-state index contributed by atoms with van der Waals surface area (Å²) in [5, 5.41) is 10.9. The maximum Gasteiger partial charge on any atom is 0.225 e. The number of piperidine rings is 1. The van der Waals surface area contributed by atoms with Gasteiger partial charge in [0.15, 0.2) is 0 Å². The van der Waals surface area contributed by atoms with Gasteiger partial charge in [-0.3, -0.25) is 0 Å². The predicted molar refractivity (Wildman–Crippen MR) is 78.6 cm³/mol. The number of aryl methyl sites for hydroxylation is 1. The fraction of sp³-hybridized carbons (Fsp3) is 0.375. The Balaban J connectivity index is 1.75. The summed E-state index contributed by atoms with van der Waals surface area (Å²) in [6.45, 7) is 3.60. The third-order valence-electron chi connectivity index (χ3n) is 3.98. The van der Waals surface area contributed by atoms with Gasteiger partial charge in [-0.15, -0.1) is 0 Å². The summed E-state index contributed by atoms with van der Waals surface area (Å²) in [5.74, 6) is 0.749. The Labute approximate surface area is 119 Å². The SMILES string of the molecule is Cc1cccc(C2(O)CCN(c3ncccn3)CC2)c1. The number of aliphatic hydroxyl groups is 1. The number of nitrogens with zero attached hydrogens (tertiary/aromatic N) is 3. The number of aromatic nitrogens is 2. The molecule has 1 aliphatic rings. The van der Waals surface area contributed by atoms with E-state index in [1.54, 1.807) is 12.4 Å². The summed E-state index contributed by atoms with van der Waals surface area (Å²) in [5.41, 5.74) is 1.48. The molecule has 1 aliphatic heterocycles. The van der Waals surface area contributed by atoms with Gasteiger partial charge in [0.05, 0.1) is 5.60 Å². The van der Waals surface area contributed by atoms with Crippen LogP contribution in [-0.2, 0) is 5.60 Å². The first-order valence-corrected chi connectivity index (χ1v) is 6.99. The van der Waals surface area contributed by atoms with Crippen LogP contribution < -0.4 is 4.90 Å². The van der Waals surface area contributed by atoms with E-state index in [-0.39, 0.29) is 0 Å². The Morgan fingerprint density at radius 2 is 1.80 bits per heavy atom. The summed E-state index contributed by atoms with van der Waals surface area (Å²) in [6.07, 6.45) is 4.91. The van der Waals surface area contributed by atoms with E-state index < -0.39 is 5.60 Å². The van der Waals surface area contributed by atoms with Crippen molar-refractivity contribution < 1.29 is 5.11 Å². The Bertz CT molecular complexity index is 577. The minimum atomic E-state index is -0.725. The van der Waals surface area contributed by atoms with Crippen LogP contribution in [0.4, 0.5) is 5.95 Å². The third kappa shape index (κ3) is 2.51. The molecule has 2 heterocycles. The van der Waals surface area contributed by atoms with E-state index in [1.165, 1.54) is 5.56 Å². The van der Waals surface area contributed by atoms with Crippen LogP contribution in [-0.4, -0.2) is 28.2 Å². The zero-order valence-corrected chi connectivity index (χ0v) is 11.7. The fourth-order valence-corrected chi connectivity index (χ4v) is 2.75. The standard InChI is InChI=1S/C16H19N3O/c1-13-4-2-5-14(12-13)16(20)6-10-19(11-7-16)15-17-8-3-9-18-15/h2-5,8-9,12,20H,6-7,10-11H2,1H3. The Morgan fingerprint density at radius 1 is 1.10 bits per heavy atom. The first-order valence-electron chi connectivity index (χ1n) is 6.99. The van der Waals surface area contributed by atoms with E-state index in [1.807, 2.05) is 18.2 Å². The van der Waals surface area contributed by atoms with Crippen molar-refractivity contribution >= 4 is 5.95 Å². The summed E-state index contributed by atoms with van der Waals surface area (Å²) in [6, 6.07) is 9.97. The molecule has 0 aliphatic carbocycles. The van der Waals surface area contributed by atoms with Crippen molar-refractivity contribution in [1.82, 2.24) is 9.97 Å². The van der Waals surface area contributed by atoms with Gasteiger partial charge in [0.2, 0.25) is 5.95 Å². The second-order valence-electron chi connectivity index (χ2n) is 5.44. The van der Waals surface area contributed by atoms with Crippen LogP contribution in [0.1, 0.15) is 24.0 Å². The number of rotatable bonds is 2. The van der Waals surface area contributed by atoms with Crippen LogP contribution in [0.25, 0.3) is 0 Å². The van der Waals surface area contributed by atoms with Crippen molar-refractivity contribution in [2.75, 3.05) is 18.0 Å². The molecule has 4 nitrogen and oxygen atoms in total. The van der Waals surface area contributed by atoms with Gasteiger partial charge in [-0.25, -0.2) is 9.97 Å². The summed E-state index contributed by atoms with van der Waals surface area (Å²) in [4.78, 5) is 10.7. The second kappa shape index (κ2) is 5.21. The average molecular weight is 269 g/mol. The van der Waals surface area contributed by atoms with E-state index in [0.29, 0.717) is 12.8 Å². The van der Waals surface area contributed by atoms with Crippen LogP contribution in [0.3, 0.4) is 0 Å². The molecule has 0 saturated carbocycles. The van der Waals surface area contributed by atoms with Gasteiger partial charge >= 0.3 is 0 Å². The minimum absolute atomic E-state index is 0.703. The highest BCUT2D eigenvalue weighted by Crippen LogP contribution is 2.33. The molecular formula is C16H19N3O. The molecule has 0 spiro atoms. The molecule has 1 aromatic carbocycles. The molecule has 4 heteroatoms. The topological polar surface area (TPSA) is 49.2 Å².